The summed E-state index contributed by atoms with van der Waals surface area (Å²) in [5.41, 5.74) is -1.55. The zero-order chi connectivity index (χ0) is 35.6. The van der Waals surface area contributed by atoms with Crippen molar-refractivity contribution in [2.45, 2.75) is 117 Å². The van der Waals surface area contributed by atoms with Gasteiger partial charge in [0.25, 0.3) is 5.91 Å². The van der Waals surface area contributed by atoms with Crippen molar-refractivity contribution in [1.82, 2.24) is 20.9 Å². The summed E-state index contributed by atoms with van der Waals surface area (Å²) >= 11 is 0. The molecule has 260 valence electrons. The molecule has 0 aromatic heterocycles. The maximum atomic E-state index is 13.7. The predicted molar refractivity (Wildman–Crippen MR) is 177 cm³/mol. The summed E-state index contributed by atoms with van der Waals surface area (Å²) in [7, 11) is 0. The fourth-order valence-electron chi connectivity index (χ4n) is 5.12. The summed E-state index contributed by atoms with van der Waals surface area (Å²) in [6, 6.07) is 6.15. The molecule has 1 heterocycles. The number of hydrogen-bond donors (Lipinski definition) is 3. The number of Topliss-reactive ketones (excluding diaryl/α,β-unsaturated/α-hetero) is 1. The first kappa shape index (κ1) is 39.0. The number of esters is 1. The lowest BCUT2D eigenvalue weighted by Gasteiger charge is -2.36. The normalized spacial score (nSPS) is 16.3. The SMILES string of the molecule is C=CCCC(NC(=O)[C@@H]1CCCN1C(=O)[C@@H](NC(=O)OC(C)(C)C)C(C)(C)C)C(=O)C(=O)NCCC(=O)OC(C)(C)c1ccccc1. The maximum absolute atomic E-state index is 13.7. The number of ketones is 1. The van der Waals surface area contributed by atoms with Crippen molar-refractivity contribution in [3.8, 4) is 0 Å². The molecule has 0 radical (unpaired) electrons. The number of hydrogen-bond acceptors (Lipinski definition) is 8. The molecule has 1 saturated heterocycles. The first-order chi connectivity index (χ1) is 21.8. The molecule has 1 unspecified atom stereocenters. The van der Waals surface area contributed by atoms with E-state index in [0.717, 1.165) is 5.56 Å². The van der Waals surface area contributed by atoms with E-state index in [-0.39, 0.29) is 25.9 Å². The number of likely N-dealkylation sites (tertiary alicyclic amines) is 1. The van der Waals surface area contributed by atoms with Crippen LogP contribution < -0.4 is 16.0 Å². The number of benzene rings is 1. The van der Waals surface area contributed by atoms with Gasteiger partial charge >= 0.3 is 12.1 Å². The Kier molecular flexibility index (Phi) is 13.7. The molecule has 4 amide bonds. The average molecular weight is 657 g/mol. The third-order valence-electron chi connectivity index (χ3n) is 7.58. The average Bonchev–Trinajstić information content (AvgIpc) is 3.46. The molecule has 0 aliphatic carbocycles. The van der Waals surface area contributed by atoms with E-state index in [4.69, 9.17) is 9.47 Å². The molecular weight excluding hydrogens is 604 g/mol. The molecule has 12 heteroatoms. The monoisotopic (exact) mass is 656 g/mol. The van der Waals surface area contributed by atoms with Crippen LogP contribution in [-0.2, 0) is 39.0 Å². The molecule has 2 rings (SSSR count). The van der Waals surface area contributed by atoms with Crippen LogP contribution in [0.3, 0.4) is 0 Å². The first-order valence-electron chi connectivity index (χ1n) is 16.1. The first-order valence-corrected chi connectivity index (χ1v) is 16.1. The van der Waals surface area contributed by atoms with Crippen molar-refractivity contribution in [3.63, 3.8) is 0 Å². The van der Waals surface area contributed by atoms with Gasteiger partial charge in [0, 0.05) is 13.1 Å². The molecule has 1 fully saturated rings. The molecule has 1 aliphatic heterocycles. The van der Waals surface area contributed by atoms with Gasteiger partial charge in [-0.2, -0.15) is 0 Å². The van der Waals surface area contributed by atoms with E-state index in [2.05, 4.69) is 22.5 Å². The van der Waals surface area contributed by atoms with Gasteiger partial charge in [-0.15, -0.1) is 6.58 Å². The Labute approximate surface area is 278 Å². The molecule has 1 aliphatic rings. The summed E-state index contributed by atoms with van der Waals surface area (Å²) in [5.74, 6) is -3.42. The fourth-order valence-corrected chi connectivity index (χ4v) is 5.12. The smallest absolute Gasteiger partial charge is 0.408 e. The Hall–Kier alpha value is -4.22. The fraction of sp³-hybridized carbons (Fsp3) is 0.600. The van der Waals surface area contributed by atoms with Gasteiger partial charge in [0.1, 0.15) is 23.3 Å². The lowest BCUT2D eigenvalue weighted by molar-refractivity contribution is -0.157. The van der Waals surface area contributed by atoms with Crippen molar-refractivity contribution in [3.05, 3.63) is 48.6 Å². The van der Waals surface area contributed by atoms with Crippen LogP contribution in [0.15, 0.2) is 43.0 Å². The second-order valence-corrected chi connectivity index (χ2v) is 14.3. The van der Waals surface area contributed by atoms with Crippen molar-refractivity contribution < 1.29 is 38.2 Å². The third kappa shape index (κ3) is 12.1. The molecule has 0 saturated carbocycles. The van der Waals surface area contributed by atoms with Gasteiger partial charge in [-0.1, -0.05) is 57.2 Å². The van der Waals surface area contributed by atoms with Crippen LogP contribution in [0.25, 0.3) is 0 Å². The second-order valence-electron chi connectivity index (χ2n) is 14.3. The number of carbonyl (C=O) groups is 6. The van der Waals surface area contributed by atoms with Gasteiger partial charge in [0.2, 0.25) is 17.6 Å². The number of amides is 4. The highest BCUT2D eigenvalue weighted by Gasteiger charge is 2.43. The number of ether oxygens (including phenoxy) is 2. The lowest BCUT2D eigenvalue weighted by Crippen LogP contribution is -2.59. The van der Waals surface area contributed by atoms with E-state index < -0.39 is 70.3 Å². The van der Waals surface area contributed by atoms with Gasteiger partial charge in [-0.3, -0.25) is 24.0 Å². The summed E-state index contributed by atoms with van der Waals surface area (Å²) in [6.07, 6.45) is 1.98. The number of allylic oxidation sites excluding steroid dienone is 1. The zero-order valence-corrected chi connectivity index (χ0v) is 29.1. The van der Waals surface area contributed by atoms with Crippen molar-refractivity contribution in [2.75, 3.05) is 13.1 Å². The quantitative estimate of drug-likeness (QED) is 0.154. The summed E-state index contributed by atoms with van der Waals surface area (Å²) in [5, 5.41) is 7.78. The largest absolute Gasteiger partial charge is 0.455 e. The van der Waals surface area contributed by atoms with Crippen molar-refractivity contribution in [1.29, 1.82) is 0 Å². The lowest BCUT2D eigenvalue weighted by atomic mass is 9.85. The Bertz CT molecular complexity index is 1300. The van der Waals surface area contributed by atoms with E-state index in [1.54, 1.807) is 61.5 Å². The third-order valence-corrected chi connectivity index (χ3v) is 7.58. The maximum Gasteiger partial charge on any atom is 0.408 e. The highest BCUT2D eigenvalue weighted by molar-refractivity contribution is 6.38. The van der Waals surface area contributed by atoms with Crippen molar-refractivity contribution in [2.24, 2.45) is 5.41 Å². The Morgan fingerprint density at radius 1 is 0.957 bits per heavy atom. The number of nitrogens with one attached hydrogen (secondary N) is 3. The minimum atomic E-state index is -1.18. The van der Waals surface area contributed by atoms with Gasteiger partial charge in [-0.05, 0) is 71.3 Å². The van der Waals surface area contributed by atoms with Crippen LogP contribution in [0.4, 0.5) is 4.79 Å². The number of nitrogens with zero attached hydrogens (tertiary/aromatic N) is 1. The zero-order valence-electron chi connectivity index (χ0n) is 29.1. The summed E-state index contributed by atoms with van der Waals surface area (Å²) < 4.78 is 10.9. The summed E-state index contributed by atoms with van der Waals surface area (Å²) in [6.45, 7) is 17.9. The van der Waals surface area contributed by atoms with Gasteiger partial charge in [0.15, 0.2) is 0 Å². The molecular formula is C35H52N4O8. The Balaban J connectivity index is 2.05. The van der Waals surface area contributed by atoms with E-state index in [1.165, 1.54) is 4.90 Å². The molecule has 3 N–H and O–H groups in total. The van der Waals surface area contributed by atoms with E-state index in [1.807, 2.05) is 30.3 Å². The molecule has 47 heavy (non-hydrogen) atoms. The minimum Gasteiger partial charge on any atom is -0.455 e. The molecule has 1 aromatic carbocycles. The van der Waals surface area contributed by atoms with E-state index in [9.17, 15) is 28.8 Å². The number of carbonyl (C=O) groups excluding carboxylic acids is 6. The molecule has 1 aromatic rings. The number of alkyl carbamates (subject to hydrolysis) is 1. The van der Waals surface area contributed by atoms with E-state index >= 15 is 0 Å². The van der Waals surface area contributed by atoms with Crippen LogP contribution in [0.5, 0.6) is 0 Å². The minimum absolute atomic E-state index is 0.111. The van der Waals surface area contributed by atoms with Gasteiger partial charge in [-0.25, -0.2) is 4.79 Å². The molecule has 3 atom stereocenters. The van der Waals surface area contributed by atoms with Crippen LogP contribution in [0.1, 0.15) is 93.1 Å². The van der Waals surface area contributed by atoms with Crippen LogP contribution in [-0.4, -0.2) is 77.3 Å². The molecule has 0 bridgehead atoms. The Morgan fingerprint density at radius 2 is 1.60 bits per heavy atom. The van der Waals surface area contributed by atoms with Crippen LogP contribution in [0.2, 0.25) is 0 Å². The predicted octanol–water partition coefficient (Wildman–Crippen LogP) is 3.92. The standard InChI is InChI=1S/C35H52N4O8/c1-10-11-18-24(27(41)30(43)36-21-20-26(40)46-35(8,9)23-16-13-12-14-17-23)37-29(42)25-19-15-22-39(25)31(44)28(33(2,3)4)38-32(45)47-34(5,6)7/h10,12-14,16-17,24-25,28H,1,11,15,18-22H2,2-9H3,(H,36,43)(H,37,42)(H,38,45)/t24?,25-,28+/m0/s1. The van der Waals surface area contributed by atoms with Crippen LogP contribution >= 0.6 is 0 Å². The van der Waals surface area contributed by atoms with E-state index in [0.29, 0.717) is 19.3 Å². The van der Waals surface area contributed by atoms with Gasteiger partial charge in [0.05, 0.1) is 12.5 Å². The summed E-state index contributed by atoms with van der Waals surface area (Å²) in [4.78, 5) is 79.7. The second kappa shape index (κ2) is 16.6. The Morgan fingerprint density at radius 3 is 2.17 bits per heavy atom. The molecule has 0 spiro atoms. The topological polar surface area (TPSA) is 160 Å². The van der Waals surface area contributed by atoms with Crippen molar-refractivity contribution >= 4 is 35.6 Å². The van der Waals surface area contributed by atoms with Gasteiger partial charge < -0.3 is 30.3 Å². The highest BCUT2D eigenvalue weighted by atomic mass is 16.6. The molecule has 12 nitrogen and oxygen atoms in total. The van der Waals surface area contributed by atoms with Crippen LogP contribution in [0, 0.1) is 5.41 Å². The number of rotatable bonds is 14. The highest BCUT2D eigenvalue weighted by Crippen LogP contribution is 2.27.